The zero-order chi connectivity index (χ0) is 58.9. The van der Waals surface area contributed by atoms with E-state index in [9.17, 15) is 48.0 Å². The molecule has 0 fully saturated rings. The Kier molecular flexibility index (Phi) is 22.7. The van der Waals surface area contributed by atoms with Crippen molar-refractivity contribution in [3.8, 4) is 39.0 Å². The van der Waals surface area contributed by atoms with Gasteiger partial charge in [0.1, 0.15) is 0 Å². The fourth-order valence-corrected chi connectivity index (χ4v) is 17.1. The first kappa shape index (κ1) is 63.2. The Balaban J connectivity index is 0.000000176. The topological polar surface area (TPSA) is 94.6 Å². The Hall–Kier alpha value is -5.81. The van der Waals surface area contributed by atoms with Gasteiger partial charge in [-0.15, -0.1) is 71.7 Å². The molecule has 6 nitrogen and oxygen atoms in total. The summed E-state index contributed by atoms with van der Waals surface area (Å²) in [7, 11) is -13.7. The van der Waals surface area contributed by atoms with Crippen molar-refractivity contribution in [2.24, 2.45) is 0 Å². The van der Waals surface area contributed by atoms with Crippen LogP contribution >= 0.6 is 68.0 Å². The summed E-state index contributed by atoms with van der Waals surface area (Å²) in [6, 6.07) is 61.3. The van der Waals surface area contributed by atoms with Crippen LogP contribution in [0.5, 0.6) is 0 Å². The van der Waals surface area contributed by atoms with Crippen LogP contribution in [0.1, 0.15) is 79.9 Å². The van der Waals surface area contributed by atoms with Crippen LogP contribution in [0.2, 0.25) is 0 Å². The normalized spacial score (nSPS) is 11.9. The molecule has 434 valence electrons. The smallest absolute Gasteiger partial charge is 0.297 e. The Morgan fingerprint density at radius 1 is 0.361 bits per heavy atom. The number of halogens is 6. The van der Waals surface area contributed by atoms with E-state index in [1.54, 1.807) is 11.3 Å². The van der Waals surface area contributed by atoms with Gasteiger partial charge in [0.2, 0.25) is 0 Å². The summed E-state index contributed by atoms with van der Waals surface area (Å²) in [5, 5.41) is 6.73. The number of alkyl halides is 6. The summed E-state index contributed by atoms with van der Waals surface area (Å²) in [5.74, 6) is 0. The Morgan fingerprint density at radius 3 is 0.940 bits per heavy atom. The molecule has 0 bridgehead atoms. The molecule has 4 aromatic carbocycles. The molecule has 0 aliphatic carbocycles. The SMILES string of the molecule is O=Cc1cc(CCCc2ccccc2)c(-c2ccc(-c3sccc3CCCc3ccccc3)s2)s1.O=S(=O)(OS(=O)(=O)C(F)(F)F)C(F)(F)F.c1ccc(CCCc2ccsc2-c2ccc(-c3sccc3CCCc3ccccc3)s2)cc1. The number of hydrogen-bond acceptors (Lipinski definition) is 12. The second-order valence-electron chi connectivity index (χ2n) is 19.0. The second kappa shape index (κ2) is 29.8. The maximum atomic E-state index is 11.6. The largest absolute Gasteiger partial charge is 0.524 e. The van der Waals surface area contributed by atoms with Crippen molar-refractivity contribution in [1.82, 2.24) is 0 Å². The third-order valence-electron chi connectivity index (χ3n) is 13.1. The van der Waals surface area contributed by atoms with Crippen LogP contribution in [-0.2, 0) is 75.2 Å². The standard InChI is InChI=1S/C31H28OS3.C30H28S3.C2F6O5S2/c32-22-27-21-26(16-8-14-24-11-5-2-6-12-24)31(34-27)29-18-17-28(35-29)30-25(19-20-33-30)15-7-13-23-9-3-1-4-10-23;1-3-9-23(10-4-1)13-7-15-25-19-21-31-29(25)27-17-18-28(33-27)30-26(20-22-32-30)16-8-14-24-11-5-2-6-12-24;3-1(4,5)14(9,10)13-15(11,12)2(6,7)8/h1-6,9-12,17-22H,7-8,13-16H2;1-6,9-12,17-22H,7-8,13-16H2;. The first-order valence-corrected chi connectivity index (χ1v) is 34.3. The highest BCUT2D eigenvalue weighted by Crippen LogP contribution is 2.44. The molecule has 0 unspecified atom stereocenters. The molecule has 0 saturated carbocycles. The first-order valence-electron chi connectivity index (χ1n) is 26.3. The van der Waals surface area contributed by atoms with Crippen LogP contribution in [0, 0.1) is 0 Å². The molecule has 0 N–H and O–H groups in total. The first-order chi connectivity index (χ1) is 39.9. The molecule has 6 aromatic heterocycles. The molecule has 10 aromatic rings. The number of aryl methyl sites for hydroxylation is 8. The van der Waals surface area contributed by atoms with E-state index in [0.29, 0.717) is 0 Å². The highest BCUT2D eigenvalue weighted by atomic mass is 32.3. The minimum atomic E-state index is -6.85. The van der Waals surface area contributed by atoms with Gasteiger partial charge < -0.3 is 0 Å². The molecule has 20 heteroatoms. The molecule has 6 heterocycles. The van der Waals surface area contributed by atoms with Crippen LogP contribution in [0.25, 0.3) is 39.0 Å². The van der Waals surface area contributed by atoms with E-state index in [0.717, 1.165) is 75.4 Å². The van der Waals surface area contributed by atoms with E-state index in [1.165, 1.54) is 96.4 Å². The number of carbonyl (C=O) groups is 1. The van der Waals surface area contributed by atoms with Crippen molar-refractivity contribution < 1.29 is 51.6 Å². The molecule has 10 rings (SSSR count). The molecule has 0 atom stereocenters. The summed E-state index contributed by atoms with van der Waals surface area (Å²) in [6.07, 6.45) is 14.5. The molecule has 0 radical (unpaired) electrons. The van der Waals surface area contributed by atoms with E-state index in [-0.39, 0.29) is 0 Å². The van der Waals surface area contributed by atoms with Gasteiger partial charge >= 0.3 is 31.3 Å². The summed E-state index contributed by atoms with van der Waals surface area (Å²) in [6.45, 7) is 0. The van der Waals surface area contributed by atoms with Crippen molar-refractivity contribution in [3.63, 3.8) is 0 Å². The fourth-order valence-electron chi connectivity index (χ4n) is 9.02. The van der Waals surface area contributed by atoms with Gasteiger partial charge in [0, 0.05) is 39.0 Å². The van der Waals surface area contributed by atoms with Crippen molar-refractivity contribution >= 4 is 94.5 Å². The van der Waals surface area contributed by atoms with Gasteiger partial charge in [0.15, 0.2) is 6.29 Å². The van der Waals surface area contributed by atoms with Gasteiger partial charge in [-0.05, 0) is 186 Å². The van der Waals surface area contributed by atoms with Gasteiger partial charge in [-0.1, -0.05) is 121 Å². The Bertz CT molecular complexity index is 3680. The van der Waals surface area contributed by atoms with E-state index in [2.05, 4.69) is 186 Å². The summed E-state index contributed by atoms with van der Waals surface area (Å²) in [5.41, 5.74) is -1.12. The van der Waals surface area contributed by atoms with E-state index in [4.69, 9.17) is 0 Å². The summed E-state index contributed by atoms with van der Waals surface area (Å²) >= 11 is 11.1. The van der Waals surface area contributed by atoms with Crippen LogP contribution in [-0.4, -0.2) is 34.1 Å². The van der Waals surface area contributed by atoms with Crippen molar-refractivity contribution in [2.75, 3.05) is 0 Å². The number of carbonyl (C=O) groups excluding carboxylic acids is 1. The molecule has 83 heavy (non-hydrogen) atoms. The monoisotopic (exact) mass is 1280 g/mol. The second-order valence-corrected chi connectivity index (χ2v) is 28.3. The molecule has 0 aliphatic rings. The van der Waals surface area contributed by atoms with Crippen LogP contribution in [0.3, 0.4) is 0 Å². The number of benzene rings is 4. The van der Waals surface area contributed by atoms with Gasteiger partial charge in [-0.3, -0.25) is 4.79 Å². The molecular weight excluding hydrogens is 1220 g/mol. The van der Waals surface area contributed by atoms with E-state index >= 15 is 0 Å². The van der Waals surface area contributed by atoms with Gasteiger partial charge in [-0.2, -0.15) is 43.2 Å². The van der Waals surface area contributed by atoms with Crippen molar-refractivity contribution in [1.29, 1.82) is 0 Å². The van der Waals surface area contributed by atoms with Crippen molar-refractivity contribution in [2.45, 2.75) is 88.1 Å². The molecular formula is C63H56F6O6S8. The van der Waals surface area contributed by atoms with Gasteiger partial charge in [0.05, 0.1) is 4.88 Å². The molecule has 0 aliphatic heterocycles. The zero-order valence-corrected chi connectivity index (χ0v) is 51.0. The Labute approximate surface area is 504 Å². The predicted octanol–water partition coefficient (Wildman–Crippen LogP) is 19.6. The van der Waals surface area contributed by atoms with Gasteiger partial charge in [0.25, 0.3) is 0 Å². The highest BCUT2D eigenvalue weighted by Gasteiger charge is 2.57. The predicted molar refractivity (Wildman–Crippen MR) is 332 cm³/mol. The van der Waals surface area contributed by atoms with E-state index < -0.39 is 31.3 Å². The third kappa shape index (κ3) is 18.1. The Morgan fingerprint density at radius 2 is 0.651 bits per heavy atom. The minimum Gasteiger partial charge on any atom is -0.297 e. The number of thiophene rings is 6. The van der Waals surface area contributed by atoms with Crippen molar-refractivity contribution in [3.05, 3.63) is 235 Å². The highest BCUT2D eigenvalue weighted by molar-refractivity contribution is 8.00. The third-order valence-corrected chi connectivity index (χ3v) is 22.5. The lowest BCUT2D eigenvalue weighted by Gasteiger charge is -2.09. The minimum absolute atomic E-state index is 0.822. The van der Waals surface area contributed by atoms with Crippen LogP contribution < -0.4 is 0 Å². The molecule has 0 amide bonds. The lowest BCUT2D eigenvalue weighted by atomic mass is 10.0. The number of aldehydes is 1. The average molecular weight is 1280 g/mol. The quantitative estimate of drug-likeness (QED) is 0.0360. The summed E-state index contributed by atoms with van der Waals surface area (Å²) in [4.78, 5) is 23.4. The van der Waals surface area contributed by atoms with Crippen LogP contribution in [0.4, 0.5) is 26.3 Å². The number of hydrogen-bond donors (Lipinski definition) is 0. The lowest BCUT2D eigenvalue weighted by Crippen LogP contribution is -2.34. The fraction of sp³-hybridized carbons (Fsp3) is 0.222. The maximum absolute atomic E-state index is 11.6. The van der Waals surface area contributed by atoms with E-state index in [1.807, 2.05) is 60.3 Å². The summed E-state index contributed by atoms with van der Waals surface area (Å²) < 4.78 is 110. The maximum Gasteiger partial charge on any atom is 0.524 e. The average Bonchev–Trinajstić information content (AvgIpc) is 4.48. The molecule has 0 saturated heterocycles. The van der Waals surface area contributed by atoms with Crippen LogP contribution in [0.15, 0.2) is 186 Å². The molecule has 0 spiro atoms. The number of rotatable bonds is 23. The van der Waals surface area contributed by atoms with Gasteiger partial charge in [-0.25, -0.2) is 0 Å². The lowest BCUT2D eigenvalue weighted by molar-refractivity contribution is -0.0585. The zero-order valence-electron chi connectivity index (χ0n) is 44.4.